The van der Waals surface area contributed by atoms with Crippen LogP contribution in [0.3, 0.4) is 0 Å². The molecule has 8 rings (SSSR count). The number of fused-ring (bicyclic) bond motifs is 4. The SMILES string of the molecule is CC(C)c1cc(-c2ccc(-c3ccccc3)cc2)cc(C(C)C)c1-n1c(-c2cccc3c2oc2cc(N=C=O)ccc23)nc2ccccc21. The molecule has 0 aliphatic rings. The van der Waals surface area contributed by atoms with Crippen LogP contribution in [0.1, 0.15) is 50.7 Å². The standard InChI is InChI=1S/C44H35N3O2/c1-27(2)37-23-32(31-19-17-30(18-20-31)29-11-6-5-7-12-29)24-38(28(3)4)42(37)47-40-16-9-8-15-39(40)46-44(47)36-14-10-13-35-34-22-21-33(45-26-48)25-41(34)49-43(35)36/h5-25,27-28H,1-4H3. The molecule has 2 heterocycles. The molecule has 0 amide bonds. The summed E-state index contributed by atoms with van der Waals surface area (Å²) in [6.45, 7) is 9.07. The van der Waals surface area contributed by atoms with E-state index in [9.17, 15) is 4.79 Å². The van der Waals surface area contributed by atoms with E-state index in [0.29, 0.717) is 11.3 Å². The summed E-state index contributed by atoms with van der Waals surface area (Å²) in [4.78, 5) is 20.1. The quantitative estimate of drug-likeness (QED) is 0.129. The predicted octanol–water partition coefficient (Wildman–Crippen LogP) is 12.1. The van der Waals surface area contributed by atoms with Gasteiger partial charge in [-0.25, -0.2) is 9.78 Å². The molecular formula is C44H35N3O2. The number of para-hydroxylation sites is 3. The van der Waals surface area contributed by atoms with Crippen LogP contribution in [0.15, 0.2) is 137 Å². The van der Waals surface area contributed by atoms with Crippen molar-refractivity contribution in [3.05, 3.63) is 139 Å². The highest BCUT2D eigenvalue weighted by molar-refractivity contribution is 6.10. The van der Waals surface area contributed by atoms with Crippen LogP contribution in [0.4, 0.5) is 5.69 Å². The van der Waals surface area contributed by atoms with E-state index in [-0.39, 0.29) is 11.8 Å². The lowest BCUT2D eigenvalue weighted by Gasteiger charge is -2.24. The molecule has 5 heteroatoms. The van der Waals surface area contributed by atoms with E-state index in [1.165, 1.54) is 33.4 Å². The normalized spacial score (nSPS) is 11.6. The second-order valence-corrected chi connectivity index (χ2v) is 13.2. The maximum Gasteiger partial charge on any atom is 0.240 e. The number of furan rings is 1. The predicted molar refractivity (Wildman–Crippen MR) is 201 cm³/mol. The number of rotatable bonds is 7. The van der Waals surface area contributed by atoms with Gasteiger partial charge in [0.2, 0.25) is 6.08 Å². The van der Waals surface area contributed by atoms with Crippen LogP contribution in [0.2, 0.25) is 0 Å². The largest absolute Gasteiger partial charge is 0.455 e. The van der Waals surface area contributed by atoms with Crippen LogP contribution in [0, 0.1) is 0 Å². The number of aliphatic imine (C=N–C) groups is 1. The fourth-order valence-electron chi connectivity index (χ4n) is 6.99. The molecule has 0 atom stereocenters. The third-order valence-corrected chi connectivity index (χ3v) is 9.42. The number of nitrogens with zero attached hydrogens (tertiary/aromatic N) is 3. The molecule has 0 aliphatic carbocycles. The number of imidazole rings is 1. The fourth-order valence-corrected chi connectivity index (χ4v) is 6.99. The Balaban J connectivity index is 1.37. The molecule has 0 saturated heterocycles. The first-order valence-electron chi connectivity index (χ1n) is 16.8. The molecule has 0 bridgehead atoms. The molecule has 6 aromatic carbocycles. The van der Waals surface area contributed by atoms with Gasteiger partial charge in [0.1, 0.15) is 17.0 Å². The van der Waals surface area contributed by atoms with Gasteiger partial charge >= 0.3 is 0 Å². The summed E-state index contributed by atoms with van der Waals surface area (Å²) >= 11 is 0. The average molecular weight is 638 g/mol. The highest BCUT2D eigenvalue weighted by Crippen LogP contribution is 2.43. The lowest BCUT2D eigenvalue weighted by atomic mass is 9.87. The zero-order chi connectivity index (χ0) is 33.6. The average Bonchev–Trinajstić information content (AvgIpc) is 3.70. The second-order valence-electron chi connectivity index (χ2n) is 13.2. The van der Waals surface area contributed by atoms with Crippen molar-refractivity contribution in [2.24, 2.45) is 4.99 Å². The Morgan fingerprint density at radius 3 is 2.00 bits per heavy atom. The van der Waals surface area contributed by atoms with Gasteiger partial charge in [0.15, 0.2) is 0 Å². The van der Waals surface area contributed by atoms with Gasteiger partial charge in [-0.3, -0.25) is 4.57 Å². The number of hydrogen-bond donors (Lipinski definition) is 0. The van der Waals surface area contributed by atoms with Crippen LogP contribution in [-0.2, 0) is 4.79 Å². The summed E-state index contributed by atoms with van der Waals surface area (Å²) in [5.41, 5.74) is 13.2. The zero-order valence-electron chi connectivity index (χ0n) is 27.9. The Hall–Kier alpha value is -6.03. The second kappa shape index (κ2) is 12.2. The van der Waals surface area contributed by atoms with Crippen LogP contribution < -0.4 is 0 Å². The van der Waals surface area contributed by atoms with Crippen molar-refractivity contribution in [2.45, 2.75) is 39.5 Å². The van der Waals surface area contributed by atoms with Gasteiger partial charge in [0.25, 0.3) is 0 Å². The van der Waals surface area contributed by atoms with Gasteiger partial charge in [0.05, 0.1) is 28.0 Å². The first-order chi connectivity index (χ1) is 23.9. The molecule has 0 unspecified atom stereocenters. The number of hydrogen-bond acceptors (Lipinski definition) is 4. The minimum atomic E-state index is 0.240. The third-order valence-electron chi connectivity index (χ3n) is 9.42. The van der Waals surface area contributed by atoms with Crippen molar-refractivity contribution in [2.75, 3.05) is 0 Å². The van der Waals surface area contributed by atoms with Gasteiger partial charge in [-0.1, -0.05) is 107 Å². The summed E-state index contributed by atoms with van der Waals surface area (Å²) in [7, 11) is 0. The fraction of sp³-hybridized carbons (Fsp3) is 0.136. The van der Waals surface area contributed by atoms with E-state index in [1.54, 1.807) is 12.1 Å². The van der Waals surface area contributed by atoms with E-state index >= 15 is 0 Å². The van der Waals surface area contributed by atoms with E-state index in [1.807, 2.05) is 24.3 Å². The molecule has 0 aliphatic heterocycles. The summed E-state index contributed by atoms with van der Waals surface area (Å²) in [6, 6.07) is 44.2. The summed E-state index contributed by atoms with van der Waals surface area (Å²) in [6.07, 6.45) is 1.63. The van der Waals surface area contributed by atoms with Crippen molar-refractivity contribution < 1.29 is 9.21 Å². The number of isocyanates is 1. The van der Waals surface area contributed by atoms with Gasteiger partial charge in [-0.15, -0.1) is 0 Å². The number of benzene rings is 6. The van der Waals surface area contributed by atoms with Crippen molar-refractivity contribution in [1.29, 1.82) is 0 Å². The molecule has 0 saturated carbocycles. The topological polar surface area (TPSA) is 60.4 Å². The molecule has 8 aromatic rings. The van der Waals surface area contributed by atoms with Crippen LogP contribution >= 0.6 is 0 Å². The first-order valence-corrected chi connectivity index (χ1v) is 16.8. The first kappa shape index (κ1) is 30.3. The van der Waals surface area contributed by atoms with Gasteiger partial charge in [-0.05, 0) is 87.7 Å². The maximum atomic E-state index is 11.0. The number of aromatic nitrogens is 2. The van der Waals surface area contributed by atoms with Crippen molar-refractivity contribution in [3.63, 3.8) is 0 Å². The van der Waals surface area contributed by atoms with Gasteiger partial charge < -0.3 is 4.42 Å². The Labute approximate surface area is 285 Å². The lowest BCUT2D eigenvalue weighted by Crippen LogP contribution is -2.09. The van der Waals surface area contributed by atoms with E-state index in [2.05, 4.69) is 134 Å². The van der Waals surface area contributed by atoms with Crippen LogP contribution in [0.25, 0.3) is 72.3 Å². The highest BCUT2D eigenvalue weighted by Gasteiger charge is 2.25. The van der Waals surface area contributed by atoms with E-state index < -0.39 is 0 Å². The number of carbonyl (C=O) groups excluding carboxylic acids is 1. The van der Waals surface area contributed by atoms with Crippen molar-refractivity contribution >= 4 is 44.7 Å². The summed E-state index contributed by atoms with van der Waals surface area (Å²) in [5, 5.41) is 1.94. The maximum absolute atomic E-state index is 11.0. The van der Waals surface area contributed by atoms with E-state index in [0.717, 1.165) is 44.5 Å². The molecule has 0 radical (unpaired) electrons. The Morgan fingerprint density at radius 1 is 0.653 bits per heavy atom. The third kappa shape index (κ3) is 5.25. The van der Waals surface area contributed by atoms with Crippen molar-refractivity contribution in [1.82, 2.24) is 9.55 Å². The molecule has 5 nitrogen and oxygen atoms in total. The van der Waals surface area contributed by atoms with Crippen LogP contribution in [0.5, 0.6) is 0 Å². The Bertz CT molecular complexity index is 2520. The van der Waals surface area contributed by atoms with Gasteiger partial charge in [0, 0.05) is 16.8 Å². The molecule has 0 N–H and O–H groups in total. The molecule has 0 spiro atoms. The van der Waals surface area contributed by atoms with Crippen LogP contribution in [-0.4, -0.2) is 15.6 Å². The Kier molecular flexibility index (Phi) is 7.55. The smallest absolute Gasteiger partial charge is 0.240 e. The summed E-state index contributed by atoms with van der Waals surface area (Å²) in [5.74, 6) is 1.30. The molecule has 0 fully saturated rings. The van der Waals surface area contributed by atoms with Crippen molar-refractivity contribution in [3.8, 4) is 39.3 Å². The highest BCUT2D eigenvalue weighted by atomic mass is 16.3. The van der Waals surface area contributed by atoms with Gasteiger partial charge in [-0.2, -0.15) is 4.99 Å². The molecular weight excluding hydrogens is 603 g/mol. The minimum absolute atomic E-state index is 0.240. The monoisotopic (exact) mass is 637 g/mol. The van der Waals surface area contributed by atoms with E-state index in [4.69, 9.17) is 9.40 Å². The zero-order valence-corrected chi connectivity index (χ0v) is 27.9. The molecule has 2 aromatic heterocycles. The minimum Gasteiger partial charge on any atom is -0.455 e. The molecule has 238 valence electrons. The Morgan fingerprint density at radius 2 is 1.31 bits per heavy atom. The lowest BCUT2D eigenvalue weighted by molar-refractivity contribution is 0.565. The summed E-state index contributed by atoms with van der Waals surface area (Å²) < 4.78 is 8.88. The molecule has 49 heavy (non-hydrogen) atoms.